The summed E-state index contributed by atoms with van der Waals surface area (Å²) in [5.74, 6) is 0.703. The predicted octanol–water partition coefficient (Wildman–Crippen LogP) is 1.85. The zero-order valence-corrected chi connectivity index (χ0v) is 8.75. The molecule has 0 fully saturated rings. The van der Waals surface area contributed by atoms with Crippen molar-refractivity contribution in [3.05, 3.63) is 30.6 Å². The molecule has 1 heterocycles. The molecule has 0 saturated carbocycles. The summed E-state index contributed by atoms with van der Waals surface area (Å²) in [6.07, 6.45) is 3.26. The topological polar surface area (TPSA) is 41.4 Å². The minimum atomic E-state index is 0.703. The Balaban J connectivity index is 2.51. The van der Waals surface area contributed by atoms with E-state index in [-0.39, 0.29) is 0 Å². The van der Waals surface area contributed by atoms with Gasteiger partial charge in [-0.05, 0) is 12.1 Å². The number of aliphatic imine (C=N–C) groups is 1. The van der Waals surface area contributed by atoms with Crippen molar-refractivity contribution in [1.82, 2.24) is 14.9 Å². The van der Waals surface area contributed by atoms with Crippen LogP contribution in [0, 0.1) is 0 Å². The van der Waals surface area contributed by atoms with Gasteiger partial charge in [-0.1, -0.05) is 12.1 Å². The summed E-state index contributed by atoms with van der Waals surface area (Å²) in [5.41, 5.74) is 0.915. The quantitative estimate of drug-likeness (QED) is 0.548. The van der Waals surface area contributed by atoms with Crippen molar-refractivity contribution in [2.24, 2.45) is 4.99 Å². The van der Waals surface area contributed by atoms with Gasteiger partial charge in [0.1, 0.15) is 6.33 Å². The van der Waals surface area contributed by atoms with Crippen molar-refractivity contribution in [3.63, 3.8) is 0 Å². The lowest BCUT2D eigenvalue weighted by molar-refractivity contribution is 0.643. The van der Waals surface area contributed by atoms with Gasteiger partial charge in [0.15, 0.2) is 5.82 Å². The van der Waals surface area contributed by atoms with Crippen molar-refractivity contribution in [1.29, 1.82) is 0 Å². The number of rotatable bonds is 2. The molecule has 0 amide bonds. The molecule has 0 saturated heterocycles. The fourth-order valence-electron chi connectivity index (χ4n) is 1.26. The summed E-state index contributed by atoms with van der Waals surface area (Å²) in [7, 11) is 3.85. The van der Waals surface area contributed by atoms with Crippen molar-refractivity contribution in [2.75, 3.05) is 14.1 Å². The monoisotopic (exact) mass is 200 g/mol. The van der Waals surface area contributed by atoms with Crippen molar-refractivity contribution < 1.29 is 0 Å². The third-order valence-corrected chi connectivity index (χ3v) is 1.93. The Kier molecular flexibility index (Phi) is 2.58. The molecule has 0 N–H and O–H groups in total. The van der Waals surface area contributed by atoms with Crippen LogP contribution in [0.15, 0.2) is 35.6 Å². The van der Waals surface area contributed by atoms with Crippen LogP contribution < -0.4 is 0 Å². The van der Waals surface area contributed by atoms with Gasteiger partial charge in [-0.15, -0.1) is 0 Å². The van der Waals surface area contributed by atoms with Crippen LogP contribution >= 0.6 is 0 Å². The highest BCUT2D eigenvalue weighted by Crippen LogP contribution is 2.20. The highest BCUT2D eigenvalue weighted by atomic mass is 15.1. The number of hydrogen-bond donors (Lipinski definition) is 0. The third kappa shape index (κ3) is 2.10. The summed E-state index contributed by atoms with van der Waals surface area (Å²) in [4.78, 5) is 14.5. The maximum atomic E-state index is 4.28. The first-order valence-corrected chi connectivity index (χ1v) is 4.68. The molecule has 2 rings (SSSR count). The van der Waals surface area contributed by atoms with Crippen LogP contribution in [-0.2, 0) is 0 Å². The molecule has 0 aliphatic carbocycles. The predicted molar refractivity (Wildman–Crippen MR) is 61.4 cm³/mol. The summed E-state index contributed by atoms with van der Waals surface area (Å²) >= 11 is 0. The first-order valence-electron chi connectivity index (χ1n) is 4.68. The molecule has 0 atom stereocenters. The number of hydrogen-bond acceptors (Lipinski definition) is 3. The lowest BCUT2D eigenvalue weighted by Gasteiger charge is -2.03. The van der Waals surface area contributed by atoms with Crippen LogP contribution in [0.2, 0.25) is 0 Å². The van der Waals surface area contributed by atoms with Gasteiger partial charge in [0.2, 0.25) is 0 Å². The van der Waals surface area contributed by atoms with Gasteiger partial charge in [-0.3, -0.25) is 0 Å². The number of benzene rings is 1. The van der Waals surface area contributed by atoms with E-state index < -0.39 is 0 Å². The fourth-order valence-corrected chi connectivity index (χ4v) is 1.26. The second-order valence-electron chi connectivity index (χ2n) is 3.42. The van der Waals surface area contributed by atoms with E-state index in [1.807, 2.05) is 43.3 Å². The molecular weight excluding hydrogens is 188 g/mol. The van der Waals surface area contributed by atoms with E-state index in [2.05, 4.69) is 15.0 Å². The Labute approximate surface area is 88.3 Å². The van der Waals surface area contributed by atoms with Crippen LogP contribution in [0.1, 0.15) is 0 Å². The van der Waals surface area contributed by atoms with Gasteiger partial charge >= 0.3 is 0 Å². The average Bonchev–Trinajstić information content (AvgIpc) is 2.26. The van der Waals surface area contributed by atoms with E-state index in [4.69, 9.17) is 0 Å². The van der Waals surface area contributed by atoms with Crippen LogP contribution in [0.5, 0.6) is 0 Å². The molecule has 0 unspecified atom stereocenters. The summed E-state index contributed by atoms with van der Waals surface area (Å²) in [5, 5.41) is 0.970. The summed E-state index contributed by atoms with van der Waals surface area (Å²) < 4.78 is 0. The van der Waals surface area contributed by atoms with E-state index in [1.54, 1.807) is 6.34 Å². The molecule has 2 aromatic rings. The molecular formula is C11H12N4. The molecule has 1 aromatic carbocycles. The standard InChI is InChI=1S/C11H12N4/c1-15(2)8-14-11-9-5-3-4-6-10(9)12-7-13-11/h3-8H,1-2H3. The molecule has 1 aromatic heterocycles. The molecule has 76 valence electrons. The van der Waals surface area contributed by atoms with Crippen molar-refractivity contribution in [2.45, 2.75) is 0 Å². The van der Waals surface area contributed by atoms with E-state index in [0.29, 0.717) is 5.82 Å². The molecule has 0 aliphatic rings. The first-order chi connectivity index (χ1) is 7.27. The second-order valence-corrected chi connectivity index (χ2v) is 3.42. The minimum absolute atomic E-state index is 0.703. The fraction of sp³-hybridized carbons (Fsp3) is 0.182. The molecule has 0 aliphatic heterocycles. The number of para-hydroxylation sites is 1. The maximum absolute atomic E-state index is 4.28. The largest absolute Gasteiger partial charge is 0.369 e. The SMILES string of the molecule is CN(C)C=Nc1ncnc2ccccc12. The Morgan fingerprint density at radius 1 is 1.20 bits per heavy atom. The van der Waals surface area contributed by atoms with Gasteiger partial charge in [0.05, 0.1) is 11.9 Å². The maximum Gasteiger partial charge on any atom is 0.164 e. The highest BCUT2D eigenvalue weighted by Gasteiger charge is 1.99. The smallest absolute Gasteiger partial charge is 0.164 e. The summed E-state index contributed by atoms with van der Waals surface area (Å²) in [6.45, 7) is 0. The molecule has 0 bridgehead atoms. The lowest BCUT2D eigenvalue weighted by Crippen LogP contribution is -2.07. The Bertz CT molecular complexity index is 485. The van der Waals surface area contributed by atoms with Crippen LogP contribution in [0.3, 0.4) is 0 Å². The zero-order chi connectivity index (χ0) is 10.7. The van der Waals surface area contributed by atoms with Gasteiger partial charge in [0, 0.05) is 19.5 Å². The van der Waals surface area contributed by atoms with Crippen LogP contribution in [0.4, 0.5) is 5.82 Å². The molecule has 4 heteroatoms. The Morgan fingerprint density at radius 3 is 2.80 bits per heavy atom. The van der Waals surface area contributed by atoms with Crippen molar-refractivity contribution >= 4 is 23.1 Å². The van der Waals surface area contributed by atoms with Gasteiger partial charge < -0.3 is 4.90 Å². The number of aromatic nitrogens is 2. The molecule has 0 radical (unpaired) electrons. The van der Waals surface area contributed by atoms with Gasteiger partial charge in [-0.25, -0.2) is 15.0 Å². The Morgan fingerprint density at radius 2 is 2.00 bits per heavy atom. The molecule has 4 nitrogen and oxygen atoms in total. The summed E-state index contributed by atoms with van der Waals surface area (Å²) in [6, 6.07) is 7.83. The first kappa shape index (κ1) is 9.58. The molecule has 0 spiro atoms. The lowest BCUT2D eigenvalue weighted by atomic mass is 10.2. The molecule has 15 heavy (non-hydrogen) atoms. The van der Waals surface area contributed by atoms with Gasteiger partial charge in [0.25, 0.3) is 0 Å². The number of fused-ring (bicyclic) bond motifs is 1. The van der Waals surface area contributed by atoms with Crippen LogP contribution in [0.25, 0.3) is 10.9 Å². The third-order valence-electron chi connectivity index (χ3n) is 1.93. The van der Waals surface area contributed by atoms with Crippen LogP contribution in [-0.4, -0.2) is 35.3 Å². The average molecular weight is 200 g/mol. The minimum Gasteiger partial charge on any atom is -0.369 e. The highest BCUT2D eigenvalue weighted by molar-refractivity contribution is 5.88. The van der Waals surface area contributed by atoms with E-state index >= 15 is 0 Å². The second kappa shape index (κ2) is 4.04. The normalized spacial score (nSPS) is 11.1. The van der Waals surface area contributed by atoms with E-state index in [1.165, 1.54) is 6.33 Å². The zero-order valence-electron chi connectivity index (χ0n) is 8.75. The van der Waals surface area contributed by atoms with Gasteiger partial charge in [-0.2, -0.15) is 0 Å². The van der Waals surface area contributed by atoms with Crippen molar-refractivity contribution in [3.8, 4) is 0 Å². The van der Waals surface area contributed by atoms with E-state index in [9.17, 15) is 0 Å². The number of nitrogens with zero attached hydrogens (tertiary/aromatic N) is 4. The Hall–Kier alpha value is -1.97. The van der Waals surface area contributed by atoms with E-state index in [0.717, 1.165) is 10.9 Å².